The van der Waals surface area contributed by atoms with Crippen LogP contribution in [0.15, 0.2) is 42.5 Å². The summed E-state index contributed by atoms with van der Waals surface area (Å²) < 4.78 is 36.2. The van der Waals surface area contributed by atoms with Crippen LogP contribution in [0.3, 0.4) is 0 Å². The molecule has 0 aromatic heterocycles. The summed E-state index contributed by atoms with van der Waals surface area (Å²) in [6.07, 6.45) is 2.54. The number of carbonyl (C=O) groups excluding carboxylic acids is 1. The Morgan fingerprint density at radius 1 is 1.17 bits per heavy atom. The van der Waals surface area contributed by atoms with Gasteiger partial charge in [-0.15, -0.1) is 0 Å². The van der Waals surface area contributed by atoms with Crippen LogP contribution in [0.2, 0.25) is 5.02 Å². The van der Waals surface area contributed by atoms with Gasteiger partial charge in [0.1, 0.15) is 18.0 Å². The van der Waals surface area contributed by atoms with E-state index in [0.717, 1.165) is 34.7 Å². The Kier molecular flexibility index (Phi) is 8.80. The normalized spacial score (nSPS) is 11.1. The summed E-state index contributed by atoms with van der Waals surface area (Å²) >= 11 is 6.01. The zero-order chi connectivity index (χ0) is 22.1. The molecule has 0 saturated heterocycles. The topological polar surface area (TPSA) is 84.9 Å². The van der Waals surface area contributed by atoms with Crippen molar-refractivity contribution in [3.63, 3.8) is 0 Å². The largest absolute Gasteiger partial charge is 0.495 e. The molecule has 9 heteroatoms. The molecule has 0 unspecified atom stereocenters. The summed E-state index contributed by atoms with van der Waals surface area (Å²) in [6, 6.07) is 12.4. The number of methoxy groups -OCH3 is 1. The number of sulfonamides is 1. The van der Waals surface area contributed by atoms with E-state index in [1.54, 1.807) is 12.1 Å². The number of nitrogens with one attached hydrogen (secondary N) is 1. The molecule has 0 heterocycles. The zero-order valence-electron chi connectivity index (χ0n) is 17.4. The summed E-state index contributed by atoms with van der Waals surface area (Å²) in [5.74, 6) is 0.731. The minimum atomic E-state index is -3.72. The highest BCUT2D eigenvalue weighted by Crippen LogP contribution is 2.32. The highest BCUT2D eigenvalue weighted by molar-refractivity contribution is 7.92. The van der Waals surface area contributed by atoms with Crippen LogP contribution in [0.4, 0.5) is 5.69 Å². The fraction of sp³-hybridized carbons (Fsp3) is 0.381. The molecule has 0 bridgehead atoms. The van der Waals surface area contributed by atoms with Crippen molar-refractivity contribution < 1.29 is 22.7 Å². The summed E-state index contributed by atoms with van der Waals surface area (Å²) in [5.41, 5.74) is 1.35. The Balaban J connectivity index is 1.93. The molecule has 0 aliphatic rings. The highest BCUT2D eigenvalue weighted by atomic mass is 35.5. The van der Waals surface area contributed by atoms with Crippen LogP contribution in [-0.2, 0) is 21.2 Å². The van der Waals surface area contributed by atoms with E-state index in [0.29, 0.717) is 23.9 Å². The number of amides is 1. The van der Waals surface area contributed by atoms with E-state index in [1.165, 1.54) is 13.2 Å². The molecular formula is C21H27ClN2O5S. The fourth-order valence-electron chi connectivity index (χ4n) is 2.86. The molecule has 0 atom stereocenters. The lowest BCUT2D eigenvalue weighted by Gasteiger charge is -2.24. The van der Waals surface area contributed by atoms with Crippen LogP contribution < -0.4 is 19.1 Å². The molecule has 0 fully saturated rings. The molecule has 0 saturated carbocycles. The minimum Gasteiger partial charge on any atom is -0.495 e. The second-order valence-corrected chi connectivity index (χ2v) is 8.96. The summed E-state index contributed by atoms with van der Waals surface area (Å²) in [6.45, 7) is 2.62. The van der Waals surface area contributed by atoms with Gasteiger partial charge >= 0.3 is 0 Å². The van der Waals surface area contributed by atoms with Gasteiger partial charge in [0.2, 0.25) is 15.9 Å². The molecule has 2 rings (SSSR count). The van der Waals surface area contributed by atoms with Crippen molar-refractivity contribution in [3.8, 4) is 11.5 Å². The van der Waals surface area contributed by atoms with Gasteiger partial charge in [0, 0.05) is 11.6 Å². The van der Waals surface area contributed by atoms with E-state index in [1.807, 2.05) is 31.2 Å². The van der Waals surface area contributed by atoms with E-state index in [-0.39, 0.29) is 12.2 Å². The molecule has 2 aromatic rings. The average molecular weight is 455 g/mol. The number of ether oxygens (including phenoxy) is 2. The number of rotatable bonds is 11. The van der Waals surface area contributed by atoms with Crippen LogP contribution in [0, 0.1) is 0 Å². The molecule has 7 nitrogen and oxygen atoms in total. The average Bonchev–Trinajstić information content (AvgIpc) is 2.70. The number of carbonyl (C=O) groups is 1. The van der Waals surface area contributed by atoms with Crippen LogP contribution >= 0.6 is 11.6 Å². The van der Waals surface area contributed by atoms with Gasteiger partial charge in [0.05, 0.1) is 25.7 Å². The summed E-state index contributed by atoms with van der Waals surface area (Å²) in [4.78, 5) is 12.4. The monoisotopic (exact) mass is 454 g/mol. The van der Waals surface area contributed by atoms with Gasteiger partial charge in [0.25, 0.3) is 0 Å². The first-order chi connectivity index (χ1) is 14.2. The molecule has 0 aliphatic heterocycles. The van der Waals surface area contributed by atoms with E-state index in [2.05, 4.69) is 5.32 Å². The molecule has 0 aliphatic carbocycles. The second kappa shape index (κ2) is 11.1. The van der Waals surface area contributed by atoms with E-state index >= 15 is 0 Å². The fourth-order valence-corrected chi connectivity index (χ4v) is 3.88. The molecule has 2 aromatic carbocycles. The van der Waals surface area contributed by atoms with Gasteiger partial charge in [-0.2, -0.15) is 0 Å². The molecule has 0 radical (unpaired) electrons. The smallest absolute Gasteiger partial charge is 0.240 e. The van der Waals surface area contributed by atoms with Gasteiger partial charge < -0.3 is 14.8 Å². The number of halogens is 1. The Labute approximate surface area is 183 Å². The lowest BCUT2D eigenvalue weighted by atomic mass is 10.1. The molecule has 30 heavy (non-hydrogen) atoms. The Hall–Kier alpha value is -2.45. The highest BCUT2D eigenvalue weighted by Gasteiger charge is 2.24. The van der Waals surface area contributed by atoms with Gasteiger partial charge in [-0.3, -0.25) is 9.10 Å². The predicted octanol–water partition coefficient (Wildman–Crippen LogP) is 3.26. The zero-order valence-corrected chi connectivity index (χ0v) is 18.9. The Morgan fingerprint density at radius 2 is 1.87 bits per heavy atom. The lowest BCUT2D eigenvalue weighted by molar-refractivity contribution is -0.119. The number of aryl methyl sites for hydroxylation is 1. The third kappa shape index (κ3) is 7.11. The quantitative estimate of drug-likeness (QED) is 0.527. The molecule has 0 spiro atoms. The third-order valence-corrected chi connectivity index (χ3v) is 5.66. The van der Waals surface area contributed by atoms with Crippen molar-refractivity contribution >= 4 is 33.2 Å². The van der Waals surface area contributed by atoms with Gasteiger partial charge in [0.15, 0.2) is 0 Å². The lowest BCUT2D eigenvalue weighted by Crippen LogP contribution is -2.40. The minimum absolute atomic E-state index is 0.219. The van der Waals surface area contributed by atoms with E-state index < -0.39 is 15.9 Å². The standard InChI is InChI=1S/C21H27ClN2O5S/c1-4-29-18-10-7-16(8-11-18)6-5-13-23-21(25)15-24(30(3,26)27)19-14-17(22)9-12-20(19)28-2/h7-12,14H,4-6,13,15H2,1-3H3,(H,23,25). The van der Waals surface area contributed by atoms with Crippen molar-refractivity contribution in [2.24, 2.45) is 0 Å². The number of nitrogens with zero attached hydrogens (tertiary/aromatic N) is 1. The summed E-state index contributed by atoms with van der Waals surface area (Å²) in [5, 5.41) is 3.11. The third-order valence-electron chi connectivity index (χ3n) is 4.30. The Bertz CT molecular complexity index is 948. The van der Waals surface area contributed by atoms with Crippen molar-refractivity contribution in [2.75, 3.05) is 37.4 Å². The van der Waals surface area contributed by atoms with Gasteiger partial charge in [-0.1, -0.05) is 23.7 Å². The maximum atomic E-state index is 12.4. The van der Waals surface area contributed by atoms with Gasteiger partial charge in [-0.25, -0.2) is 8.42 Å². The van der Waals surface area contributed by atoms with Crippen LogP contribution in [0.1, 0.15) is 18.9 Å². The molecule has 1 N–H and O–H groups in total. The summed E-state index contributed by atoms with van der Waals surface area (Å²) in [7, 11) is -2.30. The maximum Gasteiger partial charge on any atom is 0.240 e. The van der Waals surface area contributed by atoms with Crippen LogP contribution in [0.25, 0.3) is 0 Å². The Morgan fingerprint density at radius 3 is 2.47 bits per heavy atom. The number of anilines is 1. The van der Waals surface area contributed by atoms with Crippen LogP contribution in [0.5, 0.6) is 11.5 Å². The maximum absolute atomic E-state index is 12.4. The number of hydrogen-bond acceptors (Lipinski definition) is 5. The van der Waals surface area contributed by atoms with E-state index in [4.69, 9.17) is 21.1 Å². The first kappa shape index (κ1) is 23.8. The van der Waals surface area contributed by atoms with Gasteiger partial charge in [-0.05, 0) is 55.7 Å². The van der Waals surface area contributed by atoms with Crippen molar-refractivity contribution in [1.82, 2.24) is 5.32 Å². The number of benzene rings is 2. The first-order valence-electron chi connectivity index (χ1n) is 9.54. The molecule has 1 amide bonds. The first-order valence-corrected chi connectivity index (χ1v) is 11.8. The van der Waals surface area contributed by atoms with Crippen molar-refractivity contribution in [3.05, 3.63) is 53.1 Å². The number of hydrogen-bond donors (Lipinski definition) is 1. The SMILES string of the molecule is CCOc1ccc(CCCNC(=O)CN(c2cc(Cl)ccc2OC)S(C)(=O)=O)cc1. The van der Waals surface area contributed by atoms with Crippen molar-refractivity contribution in [1.29, 1.82) is 0 Å². The van der Waals surface area contributed by atoms with Crippen molar-refractivity contribution in [2.45, 2.75) is 19.8 Å². The predicted molar refractivity (Wildman–Crippen MR) is 119 cm³/mol. The van der Waals surface area contributed by atoms with Crippen LogP contribution in [-0.4, -0.2) is 47.4 Å². The molecule has 164 valence electrons. The second-order valence-electron chi connectivity index (χ2n) is 6.62. The van der Waals surface area contributed by atoms with E-state index in [9.17, 15) is 13.2 Å². The molecular weight excluding hydrogens is 428 g/mol.